The molecule has 2 aromatic rings. The molecule has 0 radical (unpaired) electrons. The van der Waals surface area contributed by atoms with Crippen molar-refractivity contribution in [3.63, 3.8) is 0 Å². The Labute approximate surface area is 108 Å². The van der Waals surface area contributed by atoms with Crippen LogP contribution >= 0.6 is 11.3 Å². The average Bonchev–Trinajstić information content (AvgIpc) is 2.84. The maximum atomic E-state index is 11.4. The number of hydrogen-bond donors (Lipinski definition) is 1. The molecule has 1 N–H and O–H groups in total. The van der Waals surface area contributed by atoms with E-state index in [9.17, 15) is 8.42 Å². The number of aryl methyl sites for hydroxylation is 1. The Kier molecular flexibility index (Phi) is 2.60. The number of nitrogens with zero attached hydrogens (tertiary/aromatic N) is 2. The van der Waals surface area contributed by atoms with Gasteiger partial charge in [-0.2, -0.15) is 0 Å². The topological polar surface area (TPSA) is 72.0 Å². The van der Waals surface area contributed by atoms with Gasteiger partial charge in [0.15, 0.2) is 9.84 Å². The number of nitrogens with one attached hydrogen (secondary N) is 1. The van der Waals surface area contributed by atoms with Crippen LogP contribution < -0.4 is 5.32 Å². The van der Waals surface area contributed by atoms with Gasteiger partial charge in [-0.25, -0.2) is 18.4 Å². The molecule has 7 heteroatoms. The predicted octanol–water partition coefficient (Wildman–Crippen LogP) is 1.72. The van der Waals surface area contributed by atoms with Gasteiger partial charge in [-0.1, -0.05) is 0 Å². The molecular formula is C11H11N3O2S2. The number of rotatable bonds is 2. The van der Waals surface area contributed by atoms with E-state index in [0.717, 1.165) is 10.2 Å². The third-order valence-corrected chi connectivity index (χ3v) is 4.97. The minimum absolute atomic E-state index is 0.0862. The molecule has 0 bridgehead atoms. The summed E-state index contributed by atoms with van der Waals surface area (Å²) in [5.74, 6) is 1.47. The van der Waals surface area contributed by atoms with Crippen LogP contribution in [0.3, 0.4) is 0 Å². The maximum absolute atomic E-state index is 11.4. The van der Waals surface area contributed by atoms with E-state index >= 15 is 0 Å². The normalized spacial score (nSPS) is 21.5. The van der Waals surface area contributed by atoms with Crippen LogP contribution in [0.5, 0.6) is 0 Å². The standard InChI is InChI=1S/C11H11N3O2S2/c1-7-12-9-2-4-17-10(9)11(13-7)14-8-3-5-18(15,16)6-8/h2-5,8H,6H2,1H3,(H,12,13,14)/t8-/m0/s1. The quantitative estimate of drug-likeness (QED) is 0.907. The van der Waals surface area contributed by atoms with Gasteiger partial charge in [-0.3, -0.25) is 0 Å². The molecule has 3 heterocycles. The summed E-state index contributed by atoms with van der Waals surface area (Å²) in [6.07, 6.45) is 1.66. The third kappa shape index (κ3) is 2.11. The largest absolute Gasteiger partial charge is 0.361 e. The first-order chi connectivity index (χ1) is 8.53. The van der Waals surface area contributed by atoms with E-state index in [2.05, 4.69) is 15.3 Å². The summed E-state index contributed by atoms with van der Waals surface area (Å²) >= 11 is 1.54. The zero-order chi connectivity index (χ0) is 12.8. The van der Waals surface area contributed by atoms with Crippen LogP contribution in [0.2, 0.25) is 0 Å². The third-order valence-electron chi connectivity index (χ3n) is 2.67. The predicted molar refractivity (Wildman–Crippen MR) is 72.5 cm³/mol. The first-order valence-electron chi connectivity index (χ1n) is 5.43. The van der Waals surface area contributed by atoms with Crippen molar-refractivity contribution >= 4 is 37.2 Å². The average molecular weight is 281 g/mol. The molecule has 2 aromatic heterocycles. The number of aromatic nitrogens is 2. The van der Waals surface area contributed by atoms with Gasteiger partial charge in [0, 0.05) is 5.41 Å². The van der Waals surface area contributed by atoms with E-state index in [-0.39, 0.29) is 11.8 Å². The van der Waals surface area contributed by atoms with Gasteiger partial charge in [-0.15, -0.1) is 11.3 Å². The Morgan fingerprint density at radius 3 is 3.00 bits per heavy atom. The van der Waals surface area contributed by atoms with Gasteiger partial charge in [0.1, 0.15) is 11.6 Å². The lowest BCUT2D eigenvalue weighted by Crippen LogP contribution is -2.21. The van der Waals surface area contributed by atoms with Crippen molar-refractivity contribution < 1.29 is 8.42 Å². The smallest absolute Gasteiger partial charge is 0.173 e. The van der Waals surface area contributed by atoms with Crippen molar-refractivity contribution in [2.45, 2.75) is 13.0 Å². The summed E-state index contributed by atoms with van der Waals surface area (Å²) < 4.78 is 23.7. The summed E-state index contributed by atoms with van der Waals surface area (Å²) in [5.41, 5.74) is 0.889. The fourth-order valence-electron chi connectivity index (χ4n) is 1.92. The molecule has 1 atom stereocenters. The molecule has 1 aliphatic heterocycles. The van der Waals surface area contributed by atoms with Crippen molar-refractivity contribution in [2.75, 3.05) is 11.1 Å². The van der Waals surface area contributed by atoms with Crippen LogP contribution in [-0.4, -0.2) is 30.2 Å². The van der Waals surface area contributed by atoms with Crippen LogP contribution in [0.4, 0.5) is 5.82 Å². The van der Waals surface area contributed by atoms with E-state index in [1.807, 2.05) is 18.4 Å². The molecule has 0 fully saturated rings. The molecule has 0 unspecified atom stereocenters. The zero-order valence-electron chi connectivity index (χ0n) is 9.62. The van der Waals surface area contributed by atoms with Crippen molar-refractivity contribution in [2.24, 2.45) is 0 Å². The second-order valence-electron chi connectivity index (χ2n) is 4.16. The molecule has 0 aliphatic carbocycles. The number of anilines is 1. The van der Waals surface area contributed by atoms with Gasteiger partial charge >= 0.3 is 0 Å². The van der Waals surface area contributed by atoms with Crippen LogP contribution in [0, 0.1) is 6.92 Å². The van der Waals surface area contributed by atoms with Gasteiger partial charge in [0.05, 0.1) is 22.0 Å². The Hall–Kier alpha value is -1.47. The second-order valence-corrected chi connectivity index (χ2v) is 7.01. The molecule has 18 heavy (non-hydrogen) atoms. The lowest BCUT2D eigenvalue weighted by Gasteiger charge is -2.11. The Balaban J connectivity index is 1.96. The molecule has 94 valence electrons. The zero-order valence-corrected chi connectivity index (χ0v) is 11.3. The number of sulfone groups is 1. The monoisotopic (exact) mass is 281 g/mol. The molecule has 3 rings (SSSR count). The Bertz CT molecular complexity index is 734. The van der Waals surface area contributed by atoms with Crippen molar-refractivity contribution in [1.82, 2.24) is 9.97 Å². The first-order valence-corrected chi connectivity index (χ1v) is 8.02. The summed E-state index contributed by atoms with van der Waals surface area (Å²) in [5, 5.41) is 6.36. The summed E-state index contributed by atoms with van der Waals surface area (Å²) in [4.78, 5) is 8.67. The van der Waals surface area contributed by atoms with Crippen LogP contribution in [0.15, 0.2) is 22.9 Å². The van der Waals surface area contributed by atoms with Gasteiger partial charge in [0.2, 0.25) is 0 Å². The molecule has 5 nitrogen and oxygen atoms in total. The molecule has 0 saturated heterocycles. The molecule has 0 saturated carbocycles. The molecule has 0 aromatic carbocycles. The summed E-state index contributed by atoms with van der Waals surface area (Å²) in [7, 11) is -3.05. The van der Waals surface area contributed by atoms with E-state index in [1.54, 1.807) is 17.4 Å². The first kappa shape index (κ1) is 11.6. The molecule has 0 spiro atoms. The van der Waals surface area contributed by atoms with Gasteiger partial charge < -0.3 is 5.32 Å². The van der Waals surface area contributed by atoms with Crippen LogP contribution in [0.1, 0.15) is 5.82 Å². The van der Waals surface area contributed by atoms with E-state index < -0.39 is 9.84 Å². The highest BCUT2D eigenvalue weighted by molar-refractivity contribution is 7.94. The Morgan fingerprint density at radius 1 is 1.44 bits per heavy atom. The highest BCUT2D eigenvalue weighted by Crippen LogP contribution is 2.27. The highest BCUT2D eigenvalue weighted by Gasteiger charge is 2.22. The molecular weight excluding hydrogens is 270 g/mol. The van der Waals surface area contributed by atoms with E-state index in [4.69, 9.17) is 0 Å². The molecule has 1 aliphatic rings. The van der Waals surface area contributed by atoms with Crippen molar-refractivity contribution in [3.8, 4) is 0 Å². The van der Waals surface area contributed by atoms with E-state index in [0.29, 0.717) is 11.6 Å². The minimum atomic E-state index is -3.05. The fourth-order valence-corrected chi connectivity index (χ4v) is 3.94. The Morgan fingerprint density at radius 2 is 2.28 bits per heavy atom. The summed E-state index contributed by atoms with van der Waals surface area (Å²) in [6, 6.07) is 1.72. The van der Waals surface area contributed by atoms with Crippen LogP contribution in [-0.2, 0) is 9.84 Å². The summed E-state index contributed by atoms with van der Waals surface area (Å²) in [6.45, 7) is 1.82. The lowest BCUT2D eigenvalue weighted by atomic mass is 10.3. The minimum Gasteiger partial charge on any atom is -0.361 e. The van der Waals surface area contributed by atoms with Crippen molar-refractivity contribution in [3.05, 3.63) is 28.8 Å². The second kappa shape index (κ2) is 4.03. The lowest BCUT2D eigenvalue weighted by molar-refractivity contribution is 0.605. The fraction of sp³-hybridized carbons (Fsp3) is 0.273. The number of thiophene rings is 1. The number of fused-ring (bicyclic) bond motifs is 1. The highest BCUT2D eigenvalue weighted by atomic mass is 32.2. The van der Waals surface area contributed by atoms with Crippen LogP contribution in [0.25, 0.3) is 10.2 Å². The number of hydrogen-bond acceptors (Lipinski definition) is 6. The van der Waals surface area contributed by atoms with Crippen molar-refractivity contribution in [1.29, 1.82) is 0 Å². The van der Waals surface area contributed by atoms with Gasteiger partial charge in [0.25, 0.3) is 0 Å². The maximum Gasteiger partial charge on any atom is 0.173 e. The van der Waals surface area contributed by atoms with Gasteiger partial charge in [-0.05, 0) is 24.4 Å². The molecule has 0 amide bonds. The van der Waals surface area contributed by atoms with E-state index in [1.165, 1.54) is 5.41 Å². The SMILES string of the molecule is Cc1nc(N[C@H]2C=CS(=O)(=O)C2)c2sccc2n1.